The Kier molecular flexibility index (Phi) is 4.51. The Morgan fingerprint density at radius 1 is 1.09 bits per heavy atom. The zero-order valence-electron chi connectivity index (χ0n) is 13.5. The molecule has 1 amide bonds. The van der Waals surface area contributed by atoms with E-state index in [1.165, 1.54) is 0 Å². The van der Waals surface area contributed by atoms with Crippen molar-refractivity contribution in [1.82, 2.24) is 0 Å². The van der Waals surface area contributed by atoms with Crippen molar-refractivity contribution in [3.8, 4) is 11.5 Å². The molecule has 3 rings (SSSR count). The first-order chi connectivity index (χ1) is 11.1. The second kappa shape index (κ2) is 6.73. The van der Waals surface area contributed by atoms with Gasteiger partial charge in [0.2, 0.25) is 5.91 Å². The number of hydrogen-bond donors (Lipinski definition) is 0. The van der Waals surface area contributed by atoms with E-state index in [2.05, 4.69) is 6.92 Å². The van der Waals surface area contributed by atoms with Crippen molar-refractivity contribution in [3.63, 3.8) is 0 Å². The van der Waals surface area contributed by atoms with Crippen LogP contribution in [0.15, 0.2) is 48.5 Å². The summed E-state index contributed by atoms with van der Waals surface area (Å²) in [6.07, 6.45) is 0.449. The number of ether oxygens (including phenoxy) is 2. The summed E-state index contributed by atoms with van der Waals surface area (Å²) in [6.45, 7) is 3.21. The van der Waals surface area contributed by atoms with Crippen molar-refractivity contribution in [2.75, 3.05) is 25.2 Å². The summed E-state index contributed by atoms with van der Waals surface area (Å²) in [5.74, 6) is 1.76. The lowest BCUT2D eigenvalue weighted by Gasteiger charge is -2.22. The van der Waals surface area contributed by atoms with Crippen molar-refractivity contribution in [2.24, 2.45) is 0 Å². The predicted molar refractivity (Wildman–Crippen MR) is 90.3 cm³/mol. The van der Waals surface area contributed by atoms with E-state index in [0.29, 0.717) is 19.6 Å². The van der Waals surface area contributed by atoms with Gasteiger partial charge < -0.3 is 14.4 Å². The van der Waals surface area contributed by atoms with Gasteiger partial charge in [-0.05, 0) is 35.7 Å². The normalized spacial score (nSPS) is 14.2. The molecular formula is C19H21NO3. The molecule has 0 N–H and O–H groups in total. The molecule has 0 spiro atoms. The van der Waals surface area contributed by atoms with Gasteiger partial charge in [0.25, 0.3) is 0 Å². The van der Waals surface area contributed by atoms with Gasteiger partial charge in [0, 0.05) is 19.2 Å². The predicted octanol–water partition coefficient (Wildman–Crippen LogP) is 3.61. The molecular weight excluding hydrogens is 290 g/mol. The molecule has 0 fully saturated rings. The summed E-state index contributed by atoms with van der Waals surface area (Å²) in [5, 5.41) is 0. The number of amides is 1. The minimum absolute atomic E-state index is 0.0959. The molecule has 0 bridgehead atoms. The van der Waals surface area contributed by atoms with Gasteiger partial charge in [-0.2, -0.15) is 0 Å². The van der Waals surface area contributed by atoms with E-state index in [1.54, 1.807) is 4.90 Å². The number of fused-ring (bicyclic) bond motifs is 1. The van der Waals surface area contributed by atoms with Crippen molar-refractivity contribution in [3.05, 3.63) is 54.1 Å². The fraction of sp³-hybridized carbons (Fsp3) is 0.316. The summed E-state index contributed by atoms with van der Waals surface area (Å²) in [4.78, 5) is 14.2. The Balaban J connectivity index is 1.69. The van der Waals surface area contributed by atoms with Crippen LogP contribution in [0.3, 0.4) is 0 Å². The first-order valence-electron chi connectivity index (χ1n) is 7.86. The highest BCUT2D eigenvalue weighted by atomic mass is 16.6. The number of carbonyl (C=O) groups excluding carboxylic acids is 1. The Morgan fingerprint density at radius 2 is 1.78 bits per heavy atom. The minimum atomic E-state index is 0.0959. The third-order valence-corrected chi connectivity index (χ3v) is 4.13. The maximum atomic E-state index is 12.5. The molecule has 0 radical (unpaired) electrons. The lowest BCUT2D eigenvalue weighted by Crippen LogP contribution is -2.27. The van der Waals surface area contributed by atoms with E-state index in [-0.39, 0.29) is 11.8 Å². The molecule has 1 heterocycles. The van der Waals surface area contributed by atoms with Crippen LogP contribution in [0, 0.1) is 0 Å². The molecule has 1 aliphatic rings. The quantitative estimate of drug-likeness (QED) is 0.866. The molecule has 2 aromatic carbocycles. The van der Waals surface area contributed by atoms with Crippen LogP contribution in [0.25, 0.3) is 0 Å². The fourth-order valence-electron chi connectivity index (χ4n) is 2.68. The van der Waals surface area contributed by atoms with E-state index in [0.717, 1.165) is 22.7 Å². The van der Waals surface area contributed by atoms with E-state index in [4.69, 9.17) is 9.47 Å². The Morgan fingerprint density at radius 3 is 2.52 bits per heavy atom. The van der Waals surface area contributed by atoms with E-state index in [1.807, 2.05) is 55.6 Å². The molecule has 2 aromatic rings. The molecule has 1 atom stereocenters. The van der Waals surface area contributed by atoms with Gasteiger partial charge in [-0.3, -0.25) is 4.79 Å². The summed E-state index contributed by atoms with van der Waals surface area (Å²) >= 11 is 0. The van der Waals surface area contributed by atoms with Crippen LogP contribution in [0.1, 0.15) is 24.8 Å². The SMILES string of the molecule is CC(CC(=O)N(C)c1ccccc1)c1ccc2c(c1)OCCO2. The number of carbonyl (C=O) groups is 1. The van der Waals surface area contributed by atoms with E-state index < -0.39 is 0 Å². The lowest BCUT2D eigenvalue weighted by molar-refractivity contribution is -0.118. The summed E-state index contributed by atoms with van der Waals surface area (Å²) in [7, 11) is 1.81. The highest BCUT2D eigenvalue weighted by Crippen LogP contribution is 2.34. The number of nitrogens with zero attached hydrogens (tertiary/aromatic N) is 1. The smallest absolute Gasteiger partial charge is 0.227 e. The maximum absolute atomic E-state index is 12.5. The lowest BCUT2D eigenvalue weighted by atomic mass is 9.96. The molecule has 23 heavy (non-hydrogen) atoms. The molecule has 0 aliphatic carbocycles. The highest BCUT2D eigenvalue weighted by molar-refractivity contribution is 5.93. The van der Waals surface area contributed by atoms with Gasteiger partial charge in [-0.15, -0.1) is 0 Å². The largest absolute Gasteiger partial charge is 0.486 e. The second-order valence-electron chi connectivity index (χ2n) is 5.80. The Hall–Kier alpha value is -2.49. The zero-order valence-corrected chi connectivity index (χ0v) is 13.5. The van der Waals surface area contributed by atoms with Crippen LogP contribution in [-0.4, -0.2) is 26.2 Å². The second-order valence-corrected chi connectivity index (χ2v) is 5.80. The molecule has 0 saturated carbocycles. The fourth-order valence-corrected chi connectivity index (χ4v) is 2.68. The van der Waals surface area contributed by atoms with Crippen LogP contribution >= 0.6 is 0 Å². The van der Waals surface area contributed by atoms with Gasteiger partial charge in [0.05, 0.1) is 0 Å². The monoisotopic (exact) mass is 311 g/mol. The topological polar surface area (TPSA) is 38.8 Å². The molecule has 4 heteroatoms. The van der Waals surface area contributed by atoms with Crippen LogP contribution in [0.4, 0.5) is 5.69 Å². The number of anilines is 1. The maximum Gasteiger partial charge on any atom is 0.227 e. The number of benzene rings is 2. The summed E-state index contributed by atoms with van der Waals surface area (Å²) in [6, 6.07) is 15.6. The number of hydrogen-bond acceptors (Lipinski definition) is 3. The molecule has 0 aromatic heterocycles. The third kappa shape index (κ3) is 3.47. The third-order valence-electron chi connectivity index (χ3n) is 4.13. The van der Waals surface area contributed by atoms with E-state index in [9.17, 15) is 4.79 Å². The summed E-state index contributed by atoms with van der Waals surface area (Å²) < 4.78 is 11.2. The minimum Gasteiger partial charge on any atom is -0.486 e. The van der Waals surface area contributed by atoms with Gasteiger partial charge in [0.1, 0.15) is 13.2 Å². The Labute approximate surface area is 136 Å². The van der Waals surface area contributed by atoms with Crippen molar-refractivity contribution < 1.29 is 14.3 Å². The first-order valence-corrected chi connectivity index (χ1v) is 7.86. The van der Waals surface area contributed by atoms with E-state index >= 15 is 0 Å². The van der Waals surface area contributed by atoms with Gasteiger partial charge >= 0.3 is 0 Å². The molecule has 120 valence electrons. The standard InChI is InChI=1S/C19H21NO3/c1-14(12-19(21)20(2)16-6-4-3-5-7-16)15-8-9-17-18(13-15)23-11-10-22-17/h3-9,13-14H,10-12H2,1-2H3. The highest BCUT2D eigenvalue weighted by Gasteiger charge is 2.18. The van der Waals surface area contributed by atoms with Gasteiger partial charge in [0.15, 0.2) is 11.5 Å². The molecule has 1 unspecified atom stereocenters. The average molecular weight is 311 g/mol. The van der Waals surface area contributed by atoms with Crippen molar-refractivity contribution in [1.29, 1.82) is 0 Å². The first kappa shape index (κ1) is 15.4. The number of rotatable bonds is 4. The number of para-hydroxylation sites is 1. The zero-order chi connectivity index (χ0) is 16.2. The van der Waals surface area contributed by atoms with Crippen molar-refractivity contribution >= 4 is 11.6 Å². The van der Waals surface area contributed by atoms with Gasteiger partial charge in [-0.25, -0.2) is 0 Å². The summed E-state index contributed by atoms with van der Waals surface area (Å²) in [5.41, 5.74) is 2.00. The molecule has 1 aliphatic heterocycles. The van der Waals surface area contributed by atoms with Crippen LogP contribution < -0.4 is 14.4 Å². The van der Waals surface area contributed by atoms with Crippen molar-refractivity contribution in [2.45, 2.75) is 19.3 Å². The van der Waals surface area contributed by atoms with Crippen LogP contribution in [0.2, 0.25) is 0 Å². The van der Waals surface area contributed by atoms with Gasteiger partial charge in [-0.1, -0.05) is 31.2 Å². The average Bonchev–Trinajstić information content (AvgIpc) is 2.61. The molecule has 4 nitrogen and oxygen atoms in total. The molecule has 0 saturated heterocycles. The van der Waals surface area contributed by atoms with Crippen LogP contribution in [0.5, 0.6) is 11.5 Å². The van der Waals surface area contributed by atoms with Crippen LogP contribution in [-0.2, 0) is 4.79 Å². The Bertz CT molecular complexity index is 684.